The van der Waals surface area contributed by atoms with Crippen LogP contribution in [0.2, 0.25) is 0 Å². The van der Waals surface area contributed by atoms with Crippen LogP contribution in [0.4, 0.5) is 0 Å². The topological polar surface area (TPSA) is 57.5 Å². The lowest BCUT2D eigenvalue weighted by atomic mass is 10.0. The van der Waals surface area contributed by atoms with E-state index in [2.05, 4.69) is 31.2 Å². The van der Waals surface area contributed by atoms with Gasteiger partial charge in [-0.1, -0.05) is 128 Å². The highest BCUT2D eigenvalue weighted by atomic mass is 16.4. The van der Waals surface area contributed by atoms with E-state index in [1.54, 1.807) is 0 Å². The number of hydrogen-bond donors (Lipinski definition) is 2. The number of allylic oxidation sites excluding steroid dienone is 3. The monoisotopic (exact) mass is 450 g/mol. The van der Waals surface area contributed by atoms with Crippen molar-refractivity contribution in [3.63, 3.8) is 0 Å². The molecule has 0 saturated carbocycles. The van der Waals surface area contributed by atoms with Gasteiger partial charge in [0.1, 0.15) is 0 Å². The van der Waals surface area contributed by atoms with Crippen molar-refractivity contribution in [2.24, 2.45) is 0 Å². The van der Waals surface area contributed by atoms with E-state index in [-0.39, 0.29) is 6.10 Å². The number of unbranched alkanes of at least 4 members (excludes halogenated alkanes) is 16. The minimum Gasteiger partial charge on any atom is -0.481 e. The van der Waals surface area contributed by atoms with E-state index in [0.29, 0.717) is 6.42 Å². The third kappa shape index (κ3) is 26.9. The van der Waals surface area contributed by atoms with Crippen LogP contribution in [0, 0.1) is 0 Å². The maximum Gasteiger partial charge on any atom is 0.303 e. The highest BCUT2D eigenvalue weighted by Gasteiger charge is 2.01. The normalized spacial score (nSPS) is 12.8. The van der Waals surface area contributed by atoms with Crippen molar-refractivity contribution in [2.75, 3.05) is 0 Å². The summed E-state index contributed by atoms with van der Waals surface area (Å²) in [5.74, 6) is -0.694. The van der Waals surface area contributed by atoms with Gasteiger partial charge < -0.3 is 10.2 Å². The molecule has 0 aromatic rings. The third-order valence-corrected chi connectivity index (χ3v) is 6.17. The first-order chi connectivity index (χ1) is 15.7. The molecule has 0 amide bonds. The molecule has 32 heavy (non-hydrogen) atoms. The first kappa shape index (κ1) is 30.9. The summed E-state index contributed by atoms with van der Waals surface area (Å²) >= 11 is 0. The molecule has 0 aliphatic heterocycles. The second kappa shape index (κ2) is 26.2. The number of rotatable bonds is 25. The van der Waals surface area contributed by atoms with Gasteiger partial charge in [-0.15, -0.1) is 0 Å². The Morgan fingerprint density at radius 2 is 1.16 bits per heavy atom. The van der Waals surface area contributed by atoms with E-state index in [4.69, 9.17) is 5.11 Å². The predicted molar refractivity (Wildman–Crippen MR) is 139 cm³/mol. The summed E-state index contributed by atoms with van der Waals surface area (Å²) in [4.78, 5) is 10.4. The Morgan fingerprint density at radius 1 is 0.656 bits per heavy atom. The molecule has 1 atom stereocenters. The highest BCUT2D eigenvalue weighted by Crippen LogP contribution is 2.13. The lowest BCUT2D eigenvalue weighted by molar-refractivity contribution is -0.137. The average molecular weight is 451 g/mol. The van der Waals surface area contributed by atoms with Crippen LogP contribution >= 0.6 is 0 Å². The molecule has 0 aromatic heterocycles. The second-order valence-electron chi connectivity index (χ2n) is 9.45. The van der Waals surface area contributed by atoms with Gasteiger partial charge in [-0.25, -0.2) is 0 Å². The molecule has 0 radical (unpaired) electrons. The van der Waals surface area contributed by atoms with Gasteiger partial charge in [0.25, 0.3) is 0 Å². The predicted octanol–water partition coefficient (Wildman–Crippen LogP) is 9.15. The molecular weight excluding hydrogens is 396 g/mol. The van der Waals surface area contributed by atoms with Crippen molar-refractivity contribution in [3.05, 3.63) is 24.3 Å². The Kier molecular flexibility index (Phi) is 25.3. The number of hydrogen-bond acceptors (Lipinski definition) is 2. The number of carboxylic acids is 1. The number of aliphatic hydroxyl groups excluding tert-OH is 1. The SMILES string of the molecule is CCCCCCCCCCCCCC=CCC=CCC(O)CCCCCCCCC(=O)O. The Bertz CT molecular complexity index is 442. The van der Waals surface area contributed by atoms with Gasteiger partial charge in [0, 0.05) is 6.42 Å². The van der Waals surface area contributed by atoms with Gasteiger partial charge in [-0.3, -0.25) is 4.79 Å². The Hall–Kier alpha value is -1.09. The summed E-state index contributed by atoms with van der Waals surface area (Å²) in [6, 6.07) is 0. The van der Waals surface area contributed by atoms with E-state index in [9.17, 15) is 9.90 Å². The van der Waals surface area contributed by atoms with Crippen LogP contribution in [0.25, 0.3) is 0 Å². The van der Waals surface area contributed by atoms with Gasteiger partial charge in [-0.05, 0) is 38.5 Å². The minimum absolute atomic E-state index is 0.224. The summed E-state index contributed by atoms with van der Waals surface area (Å²) in [6.07, 6.45) is 34.3. The minimum atomic E-state index is -0.694. The molecule has 0 heterocycles. The fourth-order valence-electron chi connectivity index (χ4n) is 4.05. The molecule has 0 spiro atoms. The summed E-state index contributed by atoms with van der Waals surface area (Å²) in [7, 11) is 0. The van der Waals surface area contributed by atoms with Crippen LogP contribution in [0.15, 0.2) is 24.3 Å². The molecule has 0 rings (SSSR count). The van der Waals surface area contributed by atoms with Crippen molar-refractivity contribution < 1.29 is 15.0 Å². The van der Waals surface area contributed by atoms with E-state index >= 15 is 0 Å². The molecule has 0 bridgehead atoms. The maximum atomic E-state index is 10.4. The summed E-state index contributed by atoms with van der Waals surface area (Å²) < 4.78 is 0. The lowest BCUT2D eigenvalue weighted by Gasteiger charge is -2.07. The third-order valence-electron chi connectivity index (χ3n) is 6.17. The van der Waals surface area contributed by atoms with Crippen LogP contribution in [0.5, 0.6) is 0 Å². The lowest BCUT2D eigenvalue weighted by Crippen LogP contribution is -2.04. The van der Waals surface area contributed by atoms with Gasteiger partial charge in [0.2, 0.25) is 0 Å². The van der Waals surface area contributed by atoms with Crippen molar-refractivity contribution >= 4 is 5.97 Å². The fraction of sp³-hybridized carbons (Fsp3) is 0.828. The number of carbonyl (C=O) groups is 1. The highest BCUT2D eigenvalue weighted by molar-refractivity contribution is 5.66. The Labute approximate surface area is 199 Å². The first-order valence-electron chi connectivity index (χ1n) is 13.9. The standard InChI is InChI=1S/C29H54O3/c1-2-3-4-5-6-7-8-9-10-11-12-13-14-15-16-19-22-25-28(30)26-23-20-17-18-21-24-27-29(31)32/h14-15,19,22,28,30H,2-13,16-18,20-21,23-27H2,1H3,(H,31,32). The van der Waals surface area contributed by atoms with Crippen LogP contribution in [0.1, 0.15) is 148 Å². The first-order valence-corrected chi connectivity index (χ1v) is 13.9. The Balaban J connectivity index is 3.31. The van der Waals surface area contributed by atoms with Crippen molar-refractivity contribution in [1.29, 1.82) is 0 Å². The second-order valence-corrected chi connectivity index (χ2v) is 9.45. The zero-order valence-electron chi connectivity index (χ0n) is 21.2. The fourth-order valence-corrected chi connectivity index (χ4v) is 4.05. The van der Waals surface area contributed by atoms with E-state index in [1.165, 1.54) is 77.0 Å². The van der Waals surface area contributed by atoms with E-state index < -0.39 is 5.97 Å². The quantitative estimate of drug-likeness (QED) is 0.108. The number of carboxylic acid groups (broad SMARTS) is 1. The van der Waals surface area contributed by atoms with Gasteiger partial charge >= 0.3 is 5.97 Å². The van der Waals surface area contributed by atoms with Crippen LogP contribution in [-0.4, -0.2) is 22.3 Å². The number of aliphatic carboxylic acids is 1. The molecule has 3 heteroatoms. The molecule has 0 fully saturated rings. The summed E-state index contributed by atoms with van der Waals surface area (Å²) in [6.45, 7) is 2.28. The molecule has 3 nitrogen and oxygen atoms in total. The van der Waals surface area contributed by atoms with Crippen LogP contribution < -0.4 is 0 Å². The van der Waals surface area contributed by atoms with Gasteiger partial charge in [-0.2, -0.15) is 0 Å². The van der Waals surface area contributed by atoms with E-state index in [1.807, 2.05) is 0 Å². The van der Waals surface area contributed by atoms with Gasteiger partial charge in [0.05, 0.1) is 6.10 Å². The Morgan fingerprint density at radius 3 is 1.75 bits per heavy atom. The average Bonchev–Trinajstić information content (AvgIpc) is 2.77. The van der Waals surface area contributed by atoms with Crippen molar-refractivity contribution in [2.45, 2.75) is 154 Å². The molecule has 188 valence electrons. The smallest absolute Gasteiger partial charge is 0.303 e. The largest absolute Gasteiger partial charge is 0.481 e. The molecule has 2 N–H and O–H groups in total. The van der Waals surface area contributed by atoms with Gasteiger partial charge in [0.15, 0.2) is 0 Å². The summed E-state index contributed by atoms with van der Waals surface area (Å²) in [5.41, 5.74) is 0. The van der Waals surface area contributed by atoms with Crippen LogP contribution in [-0.2, 0) is 4.79 Å². The molecule has 0 aliphatic carbocycles. The van der Waals surface area contributed by atoms with Crippen LogP contribution in [0.3, 0.4) is 0 Å². The zero-order valence-corrected chi connectivity index (χ0v) is 21.2. The van der Waals surface area contributed by atoms with Crippen molar-refractivity contribution in [1.82, 2.24) is 0 Å². The van der Waals surface area contributed by atoms with Crippen molar-refractivity contribution in [3.8, 4) is 0 Å². The number of aliphatic hydroxyl groups is 1. The van der Waals surface area contributed by atoms with E-state index in [0.717, 1.165) is 57.8 Å². The molecule has 1 unspecified atom stereocenters. The molecule has 0 aliphatic rings. The maximum absolute atomic E-state index is 10.4. The summed E-state index contributed by atoms with van der Waals surface area (Å²) in [5, 5.41) is 18.6. The molecule has 0 saturated heterocycles. The molecular formula is C29H54O3. The zero-order chi connectivity index (χ0) is 23.5. The molecule has 0 aromatic carbocycles.